The molecule has 1 heterocycles. The molecule has 6 nitrogen and oxygen atoms in total. The Hall–Kier alpha value is -3.38. The number of benzene rings is 3. The van der Waals surface area contributed by atoms with Crippen molar-refractivity contribution in [2.24, 2.45) is 0 Å². The molecule has 0 unspecified atom stereocenters. The predicted octanol–water partition coefficient (Wildman–Crippen LogP) is 4.93. The Morgan fingerprint density at radius 3 is 2.46 bits per heavy atom. The van der Waals surface area contributed by atoms with Gasteiger partial charge < -0.3 is 10.2 Å². The molecule has 7 heteroatoms. The van der Waals surface area contributed by atoms with E-state index in [-0.39, 0.29) is 36.9 Å². The Kier molecular flexibility index (Phi) is 6.48. The van der Waals surface area contributed by atoms with E-state index in [0.717, 1.165) is 47.7 Å². The maximum absolute atomic E-state index is 13.7. The number of nitrogens with zero attached hydrogens (tertiary/aromatic N) is 2. The lowest BCUT2D eigenvalue weighted by atomic mass is 10.1. The molecule has 0 radical (unpaired) electrons. The van der Waals surface area contributed by atoms with Crippen LogP contribution in [-0.2, 0) is 16.1 Å². The third-order valence-corrected chi connectivity index (χ3v) is 7.33. The minimum atomic E-state index is -0.686. The van der Waals surface area contributed by atoms with E-state index in [2.05, 4.69) is 5.32 Å². The van der Waals surface area contributed by atoms with Crippen LogP contribution in [0.4, 0.5) is 5.69 Å². The van der Waals surface area contributed by atoms with Gasteiger partial charge in [0.05, 0.1) is 5.69 Å². The van der Waals surface area contributed by atoms with Crippen molar-refractivity contribution in [3.05, 3.63) is 76.8 Å². The van der Waals surface area contributed by atoms with Crippen molar-refractivity contribution in [3.63, 3.8) is 0 Å². The normalized spacial score (nSPS) is 16.1. The molecule has 35 heavy (non-hydrogen) atoms. The number of carbonyl (C=O) groups excluding carboxylic acids is 3. The van der Waals surface area contributed by atoms with Gasteiger partial charge in [0.15, 0.2) is 0 Å². The van der Waals surface area contributed by atoms with Crippen molar-refractivity contribution < 1.29 is 14.4 Å². The lowest BCUT2D eigenvalue weighted by Gasteiger charge is -2.31. The minimum absolute atomic E-state index is 0.138. The highest BCUT2D eigenvalue weighted by molar-refractivity contribution is 6.30. The summed E-state index contributed by atoms with van der Waals surface area (Å²) in [6, 6.07) is 18.0. The van der Waals surface area contributed by atoms with Crippen molar-refractivity contribution in [1.82, 2.24) is 10.2 Å². The quantitative estimate of drug-likeness (QED) is 0.511. The Morgan fingerprint density at radius 1 is 1.06 bits per heavy atom. The number of amides is 3. The Labute approximate surface area is 209 Å². The van der Waals surface area contributed by atoms with Gasteiger partial charge in [0.1, 0.15) is 12.6 Å². The zero-order chi connectivity index (χ0) is 24.5. The summed E-state index contributed by atoms with van der Waals surface area (Å²) in [6.45, 7) is 1.86. The lowest BCUT2D eigenvalue weighted by molar-refractivity contribution is -0.139. The van der Waals surface area contributed by atoms with Crippen LogP contribution in [0.2, 0.25) is 5.02 Å². The minimum Gasteiger partial charge on any atom is -0.352 e. The van der Waals surface area contributed by atoms with Crippen LogP contribution in [0.1, 0.15) is 48.5 Å². The first kappa shape index (κ1) is 23.4. The fraction of sp³-hybridized carbons (Fsp3) is 0.321. The molecule has 3 amide bonds. The lowest BCUT2D eigenvalue weighted by Crippen LogP contribution is -2.52. The van der Waals surface area contributed by atoms with Crippen LogP contribution in [0.25, 0.3) is 10.8 Å². The molecule has 180 valence electrons. The first-order valence-electron chi connectivity index (χ1n) is 12.1. The number of nitrogens with one attached hydrogen (secondary N) is 1. The van der Waals surface area contributed by atoms with Crippen molar-refractivity contribution in [1.29, 1.82) is 0 Å². The van der Waals surface area contributed by atoms with Gasteiger partial charge in [-0.2, -0.15) is 0 Å². The number of hydrogen-bond acceptors (Lipinski definition) is 3. The molecule has 1 N–H and O–H groups in total. The smallest absolute Gasteiger partial charge is 0.259 e. The van der Waals surface area contributed by atoms with E-state index in [0.29, 0.717) is 10.6 Å². The first-order valence-corrected chi connectivity index (χ1v) is 12.5. The van der Waals surface area contributed by atoms with Gasteiger partial charge in [-0.15, -0.1) is 0 Å². The van der Waals surface area contributed by atoms with Crippen molar-refractivity contribution in [3.8, 4) is 0 Å². The van der Waals surface area contributed by atoms with Crippen molar-refractivity contribution >= 4 is 45.8 Å². The molecule has 1 aliphatic carbocycles. The summed E-state index contributed by atoms with van der Waals surface area (Å²) in [5, 5.41) is 5.54. The van der Waals surface area contributed by atoms with Gasteiger partial charge in [0.2, 0.25) is 11.8 Å². The second-order valence-electron chi connectivity index (χ2n) is 9.39. The van der Waals surface area contributed by atoms with E-state index < -0.39 is 6.04 Å². The summed E-state index contributed by atoms with van der Waals surface area (Å²) in [4.78, 5) is 43.1. The Morgan fingerprint density at radius 2 is 1.74 bits per heavy atom. The number of carbonyl (C=O) groups is 3. The van der Waals surface area contributed by atoms with Crippen LogP contribution in [0, 0.1) is 0 Å². The predicted molar refractivity (Wildman–Crippen MR) is 137 cm³/mol. The molecular weight excluding hydrogens is 462 g/mol. The molecule has 0 aromatic heterocycles. The standard InChI is InChI=1S/C28H28ClN3O3/c1-18(27(34)30-22-8-2-3-9-22)31(16-19-12-14-21(29)15-13-19)25(33)17-32-24-11-5-7-20-6-4-10-23(26(20)24)28(32)35/h4-7,10-15,18,22H,2-3,8-9,16-17H2,1H3,(H,30,34)/t18-/m1/s1. The van der Waals surface area contributed by atoms with Gasteiger partial charge in [-0.1, -0.05) is 60.8 Å². The summed E-state index contributed by atoms with van der Waals surface area (Å²) in [7, 11) is 0. The van der Waals surface area contributed by atoms with Gasteiger partial charge in [-0.25, -0.2) is 0 Å². The van der Waals surface area contributed by atoms with Crippen LogP contribution in [0.5, 0.6) is 0 Å². The third-order valence-electron chi connectivity index (χ3n) is 7.08. The molecule has 3 aromatic rings. The van der Waals surface area contributed by atoms with Gasteiger partial charge in [0, 0.05) is 28.6 Å². The van der Waals surface area contributed by atoms with Crippen LogP contribution in [-0.4, -0.2) is 41.2 Å². The fourth-order valence-corrected chi connectivity index (χ4v) is 5.25. The summed E-state index contributed by atoms with van der Waals surface area (Å²) in [5.74, 6) is -0.649. The highest BCUT2D eigenvalue weighted by Crippen LogP contribution is 2.37. The molecule has 1 saturated carbocycles. The van der Waals surface area contributed by atoms with Gasteiger partial charge in [0.25, 0.3) is 5.91 Å². The van der Waals surface area contributed by atoms with Gasteiger partial charge >= 0.3 is 0 Å². The topological polar surface area (TPSA) is 69.7 Å². The van der Waals surface area contributed by atoms with E-state index in [1.54, 1.807) is 30.0 Å². The second-order valence-corrected chi connectivity index (χ2v) is 9.82. The first-order chi connectivity index (χ1) is 16.9. The average molecular weight is 490 g/mol. The van der Waals surface area contributed by atoms with Crippen LogP contribution in [0.15, 0.2) is 60.7 Å². The summed E-state index contributed by atoms with van der Waals surface area (Å²) < 4.78 is 0. The molecule has 1 atom stereocenters. The van der Waals surface area contributed by atoms with Crippen LogP contribution >= 0.6 is 11.6 Å². The average Bonchev–Trinajstić information content (AvgIpc) is 3.47. The summed E-state index contributed by atoms with van der Waals surface area (Å²) in [6.07, 6.45) is 4.15. The SMILES string of the molecule is C[C@H](C(=O)NC1CCCC1)N(Cc1ccc(Cl)cc1)C(=O)CN1C(=O)c2cccc3cccc1c23. The fourth-order valence-electron chi connectivity index (χ4n) is 5.12. The molecular formula is C28H28ClN3O3. The van der Waals surface area contributed by atoms with E-state index in [1.165, 1.54) is 4.90 Å². The Bertz CT molecular complexity index is 1280. The number of rotatable bonds is 7. The highest BCUT2D eigenvalue weighted by atomic mass is 35.5. The summed E-state index contributed by atoms with van der Waals surface area (Å²) in [5.41, 5.74) is 2.19. The van der Waals surface area contributed by atoms with Gasteiger partial charge in [-0.05, 0) is 55.0 Å². The maximum atomic E-state index is 13.7. The van der Waals surface area contributed by atoms with Gasteiger partial charge in [-0.3, -0.25) is 19.3 Å². The van der Waals surface area contributed by atoms with Crippen LogP contribution in [0.3, 0.4) is 0 Å². The van der Waals surface area contributed by atoms with E-state index in [4.69, 9.17) is 11.6 Å². The monoisotopic (exact) mass is 489 g/mol. The third kappa shape index (κ3) is 4.63. The highest BCUT2D eigenvalue weighted by Gasteiger charge is 2.34. The molecule has 0 spiro atoms. The number of anilines is 1. The van der Waals surface area contributed by atoms with Crippen molar-refractivity contribution in [2.75, 3.05) is 11.4 Å². The molecule has 0 bridgehead atoms. The zero-order valence-corrected chi connectivity index (χ0v) is 20.4. The second kappa shape index (κ2) is 9.70. The molecule has 1 aliphatic heterocycles. The van der Waals surface area contributed by atoms with Crippen LogP contribution < -0.4 is 10.2 Å². The number of halogens is 1. The molecule has 0 saturated heterocycles. The molecule has 3 aromatic carbocycles. The number of hydrogen-bond donors (Lipinski definition) is 1. The van der Waals surface area contributed by atoms with E-state index in [1.807, 2.05) is 42.5 Å². The Balaban J connectivity index is 1.40. The van der Waals surface area contributed by atoms with E-state index in [9.17, 15) is 14.4 Å². The molecule has 5 rings (SSSR count). The molecule has 1 fully saturated rings. The maximum Gasteiger partial charge on any atom is 0.259 e. The summed E-state index contributed by atoms with van der Waals surface area (Å²) >= 11 is 6.04. The molecule has 2 aliphatic rings. The van der Waals surface area contributed by atoms with E-state index >= 15 is 0 Å². The zero-order valence-electron chi connectivity index (χ0n) is 19.7. The van der Waals surface area contributed by atoms with Crippen molar-refractivity contribution in [2.45, 2.75) is 51.2 Å². The largest absolute Gasteiger partial charge is 0.352 e.